The first-order chi connectivity index (χ1) is 10.1. The largest absolute Gasteiger partial charge is 0.492 e. The first-order valence-corrected chi connectivity index (χ1v) is 7.87. The first kappa shape index (κ1) is 15.8. The lowest BCUT2D eigenvalue weighted by atomic mass is 9.94. The molecule has 0 bridgehead atoms. The van der Waals surface area contributed by atoms with Gasteiger partial charge in [0, 0.05) is 12.1 Å². The summed E-state index contributed by atoms with van der Waals surface area (Å²) in [6, 6.07) is 7.40. The van der Waals surface area contributed by atoms with Crippen molar-refractivity contribution in [3.8, 4) is 5.75 Å². The van der Waals surface area contributed by atoms with E-state index < -0.39 is 0 Å². The zero-order valence-electron chi connectivity index (χ0n) is 13.0. The van der Waals surface area contributed by atoms with Crippen LogP contribution < -0.4 is 15.8 Å². The van der Waals surface area contributed by atoms with Crippen LogP contribution in [-0.4, -0.2) is 24.6 Å². The molecule has 1 fully saturated rings. The smallest absolute Gasteiger partial charge is 0.255 e. The van der Waals surface area contributed by atoms with Crippen LogP contribution in [0.2, 0.25) is 0 Å². The lowest BCUT2D eigenvalue weighted by molar-refractivity contribution is 0.0938. The molecule has 116 valence electrons. The molecule has 0 heterocycles. The molecule has 1 amide bonds. The van der Waals surface area contributed by atoms with E-state index in [1.54, 1.807) is 6.07 Å². The van der Waals surface area contributed by atoms with Crippen LogP contribution in [0.4, 0.5) is 0 Å². The second-order valence-corrected chi connectivity index (χ2v) is 6.00. The number of para-hydroxylation sites is 1. The van der Waals surface area contributed by atoms with E-state index in [1.807, 2.05) is 32.0 Å². The van der Waals surface area contributed by atoms with E-state index in [4.69, 9.17) is 10.5 Å². The van der Waals surface area contributed by atoms with Gasteiger partial charge >= 0.3 is 0 Å². The van der Waals surface area contributed by atoms with Crippen LogP contribution in [0.15, 0.2) is 24.3 Å². The molecule has 0 saturated heterocycles. The third-order valence-electron chi connectivity index (χ3n) is 4.31. The fourth-order valence-electron chi connectivity index (χ4n) is 2.12. The summed E-state index contributed by atoms with van der Waals surface area (Å²) in [4.78, 5) is 12.4. The number of carbonyl (C=O) groups is 1. The highest BCUT2D eigenvalue weighted by molar-refractivity contribution is 5.96. The van der Waals surface area contributed by atoms with E-state index in [0.29, 0.717) is 30.4 Å². The van der Waals surface area contributed by atoms with Crippen LogP contribution in [-0.2, 0) is 0 Å². The Kier molecular flexibility index (Phi) is 5.23. The highest BCUT2D eigenvalue weighted by Crippen LogP contribution is 2.30. The van der Waals surface area contributed by atoms with Gasteiger partial charge in [0.05, 0.1) is 12.2 Å². The van der Waals surface area contributed by atoms with Gasteiger partial charge in [0.15, 0.2) is 0 Å². The first-order valence-electron chi connectivity index (χ1n) is 7.87. The number of benzene rings is 1. The van der Waals surface area contributed by atoms with E-state index in [0.717, 1.165) is 12.8 Å². The van der Waals surface area contributed by atoms with Crippen LogP contribution in [0.1, 0.15) is 49.9 Å². The van der Waals surface area contributed by atoms with Gasteiger partial charge in [-0.2, -0.15) is 0 Å². The minimum Gasteiger partial charge on any atom is -0.492 e. The van der Waals surface area contributed by atoms with Gasteiger partial charge in [0.1, 0.15) is 5.75 Å². The molecule has 1 aromatic carbocycles. The van der Waals surface area contributed by atoms with Crippen LogP contribution in [0.5, 0.6) is 5.75 Å². The molecule has 0 radical (unpaired) electrons. The zero-order valence-corrected chi connectivity index (χ0v) is 13.0. The molecular weight excluding hydrogens is 264 g/mol. The Balaban J connectivity index is 1.97. The molecule has 0 aromatic heterocycles. The van der Waals surface area contributed by atoms with Crippen molar-refractivity contribution in [1.29, 1.82) is 0 Å². The number of amides is 1. The summed E-state index contributed by atoms with van der Waals surface area (Å²) < 4.78 is 5.77. The van der Waals surface area contributed by atoms with Gasteiger partial charge in [0.2, 0.25) is 0 Å². The second-order valence-electron chi connectivity index (χ2n) is 6.00. The van der Waals surface area contributed by atoms with Gasteiger partial charge in [-0.1, -0.05) is 26.0 Å². The van der Waals surface area contributed by atoms with Gasteiger partial charge in [-0.05, 0) is 43.7 Å². The van der Waals surface area contributed by atoms with E-state index in [2.05, 4.69) is 5.32 Å². The molecule has 4 heteroatoms. The summed E-state index contributed by atoms with van der Waals surface area (Å²) in [6.45, 7) is 5.27. The monoisotopic (exact) mass is 290 g/mol. The average Bonchev–Trinajstić information content (AvgIpc) is 3.35. The summed E-state index contributed by atoms with van der Waals surface area (Å²) in [5.74, 6) is 1.22. The number of hydrogen-bond acceptors (Lipinski definition) is 3. The molecule has 1 saturated carbocycles. The number of ether oxygens (including phenoxy) is 1. The van der Waals surface area contributed by atoms with Crippen molar-refractivity contribution in [2.45, 2.75) is 45.1 Å². The highest BCUT2D eigenvalue weighted by Gasteiger charge is 2.24. The lowest BCUT2D eigenvalue weighted by Gasteiger charge is -2.27. The minimum atomic E-state index is -0.334. The number of hydrogen-bond donors (Lipinski definition) is 2. The maximum Gasteiger partial charge on any atom is 0.255 e. The molecule has 3 N–H and O–H groups in total. The quantitative estimate of drug-likeness (QED) is 0.773. The Labute approximate surface area is 127 Å². The fraction of sp³-hybridized carbons (Fsp3) is 0.588. The maximum atomic E-state index is 12.4. The summed E-state index contributed by atoms with van der Waals surface area (Å²) >= 11 is 0. The molecule has 0 spiro atoms. The van der Waals surface area contributed by atoms with Crippen molar-refractivity contribution in [3.63, 3.8) is 0 Å². The van der Waals surface area contributed by atoms with Crippen molar-refractivity contribution < 1.29 is 9.53 Å². The maximum absolute atomic E-state index is 12.4. The molecule has 0 aliphatic heterocycles. The van der Waals surface area contributed by atoms with E-state index >= 15 is 0 Å². The van der Waals surface area contributed by atoms with Crippen molar-refractivity contribution in [3.05, 3.63) is 29.8 Å². The molecule has 0 unspecified atom stereocenters. The summed E-state index contributed by atoms with van der Waals surface area (Å²) in [6.07, 6.45) is 4.14. The predicted molar refractivity (Wildman–Crippen MR) is 84.5 cm³/mol. The number of rotatable bonds is 8. The summed E-state index contributed by atoms with van der Waals surface area (Å²) in [5.41, 5.74) is 6.48. The van der Waals surface area contributed by atoms with Crippen molar-refractivity contribution in [2.24, 2.45) is 11.7 Å². The van der Waals surface area contributed by atoms with Crippen molar-refractivity contribution in [2.75, 3.05) is 13.2 Å². The molecule has 21 heavy (non-hydrogen) atoms. The van der Waals surface area contributed by atoms with Gasteiger partial charge in [-0.15, -0.1) is 0 Å². The Morgan fingerprint density at radius 1 is 1.33 bits per heavy atom. The third-order valence-corrected chi connectivity index (χ3v) is 4.31. The van der Waals surface area contributed by atoms with E-state index in [1.165, 1.54) is 12.8 Å². The van der Waals surface area contributed by atoms with Gasteiger partial charge in [-0.3, -0.25) is 4.79 Å². The normalized spacial score (nSPS) is 14.8. The molecule has 1 aliphatic carbocycles. The van der Waals surface area contributed by atoms with Crippen LogP contribution in [0.3, 0.4) is 0 Å². The molecule has 1 aromatic rings. The molecule has 1 aliphatic rings. The van der Waals surface area contributed by atoms with E-state index in [9.17, 15) is 4.79 Å². The van der Waals surface area contributed by atoms with Crippen molar-refractivity contribution in [1.82, 2.24) is 5.32 Å². The third kappa shape index (κ3) is 4.46. The fourth-order valence-corrected chi connectivity index (χ4v) is 2.12. The topological polar surface area (TPSA) is 64.3 Å². The predicted octanol–water partition coefficient (Wildman–Crippen LogP) is 2.72. The summed E-state index contributed by atoms with van der Waals surface area (Å²) in [5, 5.41) is 2.94. The lowest BCUT2D eigenvalue weighted by Crippen LogP contribution is -2.49. The number of nitrogens with two attached hydrogens (primary N) is 1. The Bertz CT molecular complexity index is 479. The van der Waals surface area contributed by atoms with Gasteiger partial charge in [-0.25, -0.2) is 0 Å². The SMILES string of the molecule is CCC(N)(CC)CNC(=O)c1ccccc1OCC1CC1. The number of carbonyl (C=O) groups excluding carboxylic acids is 1. The van der Waals surface area contributed by atoms with Crippen LogP contribution in [0.25, 0.3) is 0 Å². The molecular formula is C17H26N2O2. The Morgan fingerprint density at radius 2 is 2.00 bits per heavy atom. The standard InChI is InChI=1S/C17H26N2O2/c1-3-17(18,4-2)12-19-16(20)14-7-5-6-8-15(14)21-11-13-9-10-13/h5-8,13H,3-4,9-12,18H2,1-2H3,(H,19,20). The van der Waals surface area contributed by atoms with Crippen molar-refractivity contribution >= 4 is 5.91 Å². The molecule has 2 rings (SSSR count). The van der Waals surface area contributed by atoms with Crippen LogP contribution >= 0.6 is 0 Å². The average molecular weight is 290 g/mol. The number of nitrogens with one attached hydrogen (secondary N) is 1. The zero-order chi connectivity index (χ0) is 15.3. The van der Waals surface area contributed by atoms with E-state index in [-0.39, 0.29) is 11.4 Å². The molecule has 4 nitrogen and oxygen atoms in total. The van der Waals surface area contributed by atoms with Gasteiger partial charge < -0.3 is 15.8 Å². The summed E-state index contributed by atoms with van der Waals surface area (Å²) in [7, 11) is 0. The minimum absolute atomic E-state index is 0.113. The second kappa shape index (κ2) is 6.94. The van der Waals surface area contributed by atoms with Crippen LogP contribution in [0, 0.1) is 5.92 Å². The Hall–Kier alpha value is -1.55. The van der Waals surface area contributed by atoms with Gasteiger partial charge in [0.25, 0.3) is 5.91 Å². The highest BCUT2D eigenvalue weighted by atomic mass is 16.5. The Morgan fingerprint density at radius 3 is 2.62 bits per heavy atom. The molecule has 0 atom stereocenters.